The molecule has 2 N–H and O–H groups in total. The molecule has 3 heteroatoms. The molecule has 3 nitrogen and oxygen atoms in total. The van der Waals surface area contributed by atoms with Gasteiger partial charge in [-0.3, -0.25) is 0 Å². The molecule has 3 atom stereocenters. The molecule has 0 amide bonds. The molecule has 19 heavy (non-hydrogen) atoms. The van der Waals surface area contributed by atoms with Gasteiger partial charge in [-0.25, -0.2) is 4.98 Å². The molecule has 1 aliphatic rings. The monoisotopic (exact) mass is 261 g/mol. The molecule has 3 unspecified atom stereocenters. The Morgan fingerprint density at radius 3 is 2.74 bits per heavy atom. The lowest BCUT2D eigenvalue weighted by Crippen LogP contribution is -2.38. The highest BCUT2D eigenvalue weighted by atomic mass is 15.2. The van der Waals surface area contributed by atoms with Crippen LogP contribution in [0.3, 0.4) is 0 Å². The summed E-state index contributed by atoms with van der Waals surface area (Å²) in [7, 11) is 0. The van der Waals surface area contributed by atoms with Gasteiger partial charge in [0.25, 0.3) is 0 Å². The van der Waals surface area contributed by atoms with E-state index in [4.69, 9.17) is 5.73 Å². The van der Waals surface area contributed by atoms with Crippen molar-refractivity contribution >= 4 is 5.82 Å². The fraction of sp³-hybridized carbons (Fsp3) is 0.688. The topological polar surface area (TPSA) is 42.1 Å². The number of nitrogens with zero attached hydrogens (tertiary/aromatic N) is 2. The summed E-state index contributed by atoms with van der Waals surface area (Å²) in [5.41, 5.74) is 7.23. The van der Waals surface area contributed by atoms with Crippen molar-refractivity contribution in [1.29, 1.82) is 0 Å². The summed E-state index contributed by atoms with van der Waals surface area (Å²) >= 11 is 0. The van der Waals surface area contributed by atoms with Crippen LogP contribution in [0.25, 0.3) is 0 Å². The fourth-order valence-corrected chi connectivity index (χ4v) is 2.64. The first kappa shape index (κ1) is 14.3. The van der Waals surface area contributed by atoms with Crippen LogP contribution in [0.4, 0.5) is 5.82 Å². The first-order valence-corrected chi connectivity index (χ1v) is 7.55. The number of nitrogens with two attached hydrogens (primary N) is 1. The van der Waals surface area contributed by atoms with Gasteiger partial charge >= 0.3 is 0 Å². The Morgan fingerprint density at radius 2 is 2.16 bits per heavy atom. The molecule has 1 aliphatic heterocycles. The molecular weight excluding hydrogens is 234 g/mol. The van der Waals surface area contributed by atoms with Gasteiger partial charge in [-0.15, -0.1) is 0 Å². The number of pyridine rings is 1. The molecule has 0 aromatic carbocycles. The SMILES string of the molecule is CCC(N)Cc1ccc(N2CCC(C)C(C)C2)nc1. The van der Waals surface area contributed by atoms with E-state index in [1.807, 2.05) is 6.20 Å². The number of aromatic nitrogens is 1. The quantitative estimate of drug-likeness (QED) is 0.906. The van der Waals surface area contributed by atoms with Crippen molar-refractivity contribution in [2.45, 2.75) is 46.1 Å². The summed E-state index contributed by atoms with van der Waals surface area (Å²) in [5.74, 6) is 2.70. The van der Waals surface area contributed by atoms with Crippen molar-refractivity contribution in [3.63, 3.8) is 0 Å². The Bertz CT molecular complexity index is 387. The second-order valence-corrected chi connectivity index (χ2v) is 6.09. The van der Waals surface area contributed by atoms with Crippen LogP contribution in [0.5, 0.6) is 0 Å². The minimum Gasteiger partial charge on any atom is -0.356 e. The van der Waals surface area contributed by atoms with Crippen molar-refractivity contribution in [3.8, 4) is 0 Å². The zero-order valence-corrected chi connectivity index (χ0v) is 12.5. The van der Waals surface area contributed by atoms with E-state index in [0.29, 0.717) is 0 Å². The highest BCUT2D eigenvalue weighted by Crippen LogP contribution is 2.25. The second-order valence-electron chi connectivity index (χ2n) is 6.09. The van der Waals surface area contributed by atoms with Gasteiger partial charge in [0.05, 0.1) is 0 Å². The zero-order valence-electron chi connectivity index (χ0n) is 12.5. The van der Waals surface area contributed by atoms with E-state index in [0.717, 1.165) is 43.6 Å². The maximum atomic E-state index is 5.98. The molecule has 0 radical (unpaired) electrons. The summed E-state index contributed by atoms with van der Waals surface area (Å²) in [6.45, 7) is 9.08. The molecule has 2 heterocycles. The van der Waals surface area contributed by atoms with Crippen LogP contribution in [0, 0.1) is 11.8 Å². The van der Waals surface area contributed by atoms with E-state index in [-0.39, 0.29) is 6.04 Å². The third kappa shape index (κ3) is 3.69. The van der Waals surface area contributed by atoms with Gasteiger partial charge in [0, 0.05) is 25.3 Å². The van der Waals surface area contributed by atoms with Gasteiger partial charge in [0.1, 0.15) is 5.82 Å². The first-order valence-electron chi connectivity index (χ1n) is 7.55. The lowest BCUT2D eigenvalue weighted by atomic mass is 9.89. The van der Waals surface area contributed by atoms with Gasteiger partial charge in [0.2, 0.25) is 0 Å². The summed E-state index contributed by atoms with van der Waals surface area (Å²) in [4.78, 5) is 7.03. The third-order valence-corrected chi connectivity index (χ3v) is 4.49. The van der Waals surface area contributed by atoms with E-state index in [9.17, 15) is 0 Å². The highest BCUT2D eigenvalue weighted by molar-refractivity contribution is 5.40. The molecule has 0 aliphatic carbocycles. The van der Waals surface area contributed by atoms with E-state index in [1.165, 1.54) is 12.0 Å². The largest absolute Gasteiger partial charge is 0.356 e. The van der Waals surface area contributed by atoms with Gasteiger partial charge in [-0.1, -0.05) is 26.8 Å². The van der Waals surface area contributed by atoms with Gasteiger partial charge in [0.15, 0.2) is 0 Å². The van der Waals surface area contributed by atoms with E-state index in [1.54, 1.807) is 0 Å². The average molecular weight is 261 g/mol. The van der Waals surface area contributed by atoms with Crippen LogP contribution in [-0.2, 0) is 6.42 Å². The zero-order chi connectivity index (χ0) is 13.8. The Kier molecular flexibility index (Phi) is 4.81. The molecule has 0 spiro atoms. The Labute approximate surface area is 117 Å². The normalized spacial score (nSPS) is 25.4. The minimum atomic E-state index is 0.253. The average Bonchev–Trinajstić information content (AvgIpc) is 2.42. The van der Waals surface area contributed by atoms with Crippen LogP contribution in [0.1, 0.15) is 39.2 Å². The van der Waals surface area contributed by atoms with Crippen LogP contribution in [-0.4, -0.2) is 24.1 Å². The maximum Gasteiger partial charge on any atom is 0.128 e. The van der Waals surface area contributed by atoms with Gasteiger partial charge in [-0.05, 0) is 42.7 Å². The highest BCUT2D eigenvalue weighted by Gasteiger charge is 2.23. The number of hydrogen-bond donors (Lipinski definition) is 1. The summed E-state index contributed by atoms with van der Waals surface area (Å²) in [5, 5.41) is 0. The lowest BCUT2D eigenvalue weighted by Gasteiger charge is -2.36. The van der Waals surface area contributed by atoms with Crippen LogP contribution < -0.4 is 10.6 Å². The van der Waals surface area contributed by atoms with Crippen LogP contribution >= 0.6 is 0 Å². The molecular formula is C16H27N3. The number of anilines is 1. The van der Waals surface area contributed by atoms with Gasteiger partial charge < -0.3 is 10.6 Å². The fourth-order valence-electron chi connectivity index (χ4n) is 2.64. The van der Waals surface area contributed by atoms with E-state index < -0.39 is 0 Å². The molecule has 1 aromatic heterocycles. The minimum absolute atomic E-state index is 0.253. The van der Waals surface area contributed by atoms with Crippen LogP contribution in [0.15, 0.2) is 18.3 Å². The van der Waals surface area contributed by atoms with Crippen molar-refractivity contribution in [1.82, 2.24) is 4.98 Å². The standard InChI is InChI=1S/C16H27N3/c1-4-15(17)9-14-5-6-16(18-10-14)19-8-7-12(2)13(3)11-19/h5-6,10,12-13,15H,4,7-9,11,17H2,1-3H3. The molecule has 1 saturated heterocycles. The molecule has 1 fully saturated rings. The predicted molar refractivity (Wildman–Crippen MR) is 81.4 cm³/mol. The van der Waals surface area contributed by atoms with Gasteiger partial charge in [-0.2, -0.15) is 0 Å². The third-order valence-electron chi connectivity index (χ3n) is 4.49. The smallest absolute Gasteiger partial charge is 0.128 e. The predicted octanol–water partition coefficient (Wildman–Crippen LogP) is 2.84. The van der Waals surface area contributed by atoms with Crippen molar-refractivity contribution in [3.05, 3.63) is 23.9 Å². The molecule has 106 valence electrons. The number of piperidine rings is 1. The first-order chi connectivity index (χ1) is 9.10. The van der Waals surface area contributed by atoms with Crippen molar-refractivity contribution < 1.29 is 0 Å². The van der Waals surface area contributed by atoms with Crippen molar-refractivity contribution in [2.24, 2.45) is 17.6 Å². The number of rotatable bonds is 4. The molecule has 0 saturated carbocycles. The number of hydrogen-bond acceptors (Lipinski definition) is 3. The Balaban J connectivity index is 1.98. The molecule has 2 rings (SSSR count). The molecule has 1 aromatic rings. The Morgan fingerprint density at radius 1 is 1.37 bits per heavy atom. The van der Waals surface area contributed by atoms with Crippen LogP contribution in [0.2, 0.25) is 0 Å². The maximum absolute atomic E-state index is 5.98. The second kappa shape index (κ2) is 6.38. The summed E-state index contributed by atoms with van der Waals surface area (Å²) < 4.78 is 0. The van der Waals surface area contributed by atoms with E-state index >= 15 is 0 Å². The summed E-state index contributed by atoms with van der Waals surface area (Å²) in [6.07, 6.45) is 5.21. The molecule has 0 bridgehead atoms. The lowest BCUT2D eigenvalue weighted by molar-refractivity contribution is 0.323. The Hall–Kier alpha value is -1.09. The van der Waals surface area contributed by atoms with Crippen molar-refractivity contribution in [2.75, 3.05) is 18.0 Å². The van der Waals surface area contributed by atoms with E-state index in [2.05, 4.69) is 42.8 Å². The summed E-state index contributed by atoms with van der Waals surface area (Å²) in [6, 6.07) is 4.59.